The quantitative estimate of drug-likeness (QED) is 0.675. The lowest BCUT2D eigenvalue weighted by Crippen LogP contribution is -2.49. The zero-order valence-corrected chi connectivity index (χ0v) is 18.4. The van der Waals surface area contributed by atoms with Gasteiger partial charge >= 0.3 is 0 Å². The Hall–Kier alpha value is -2.73. The molecule has 0 aliphatic carbocycles. The lowest BCUT2D eigenvalue weighted by molar-refractivity contribution is -0.124. The number of carbonyl (C=O) groups excluding carboxylic acids is 2. The van der Waals surface area contributed by atoms with Crippen LogP contribution in [0.15, 0.2) is 48.5 Å². The number of rotatable bonds is 8. The van der Waals surface area contributed by atoms with Crippen LogP contribution < -0.4 is 10.6 Å². The maximum absolute atomic E-state index is 13.1. The van der Waals surface area contributed by atoms with Crippen molar-refractivity contribution in [3.05, 3.63) is 71.0 Å². The molecule has 0 aromatic heterocycles. The van der Waals surface area contributed by atoms with Crippen molar-refractivity contribution in [3.63, 3.8) is 0 Å². The lowest BCUT2D eigenvalue weighted by Gasteiger charge is -2.27. The van der Waals surface area contributed by atoms with Gasteiger partial charge in [0, 0.05) is 18.7 Å². The van der Waals surface area contributed by atoms with Crippen molar-refractivity contribution in [2.75, 3.05) is 13.1 Å². The molecular formula is C25H32FN3O2. The molecule has 0 bridgehead atoms. The zero-order chi connectivity index (χ0) is 22.2. The highest BCUT2D eigenvalue weighted by Crippen LogP contribution is 2.16. The Kier molecular flexibility index (Phi) is 8.18. The second-order valence-electron chi connectivity index (χ2n) is 8.53. The van der Waals surface area contributed by atoms with E-state index in [4.69, 9.17) is 0 Å². The maximum atomic E-state index is 13.1. The fraction of sp³-hybridized carbons (Fsp3) is 0.440. The summed E-state index contributed by atoms with van der Waals surface area (Å²) in [5, 5.41) is 5.78. The minimum atomic E-state index is -0.674. The molecule has 166 valence electrons. The van der Waals surface area contributed by atoms with Crippen molar-refractivity contribution in [2.24, 2.45) is 5.92 Å². The second-order valence-corrected chi connectivity index (χ2v) is 8.53. The Bertz CT molecular complexity index is 877. The molecule has 0 spiro atoms. The van der Waals surface area contributed by atoms with E-state index in [0.717, 1.165) is 25.2 Å². The van der Waals surface area contributed by atoms with E-state index >= 15 is 0 Å². The standard InChI is InChI=1S/C25H32FN3O2/c1-18(2)23(28-24(30)19-10-12-22(26)13-11-19)25(31)27-16-20-8-4-5-9-21(20)17-29-14-6-3-7-15-29/h4-5,8-13,18,23H,3,6-7,14-17H2,1-2H3,(H,27,31)(H,28,30)/t23-/m0/s1. The van der Waals surface area contributed by atoms with Crippen LogP contribution in [0.5, 0.6) is 0 Å². The molecule has 3 rings (SSSR count). The Labute approximate surface area is 184 Å². The van der Waals surface area contributed by atoms with E-state index in [1.54, 1.807) is 0 Å². The molecule has 6 heteroatoms. The van der Waals surface area contributed by atoms with E-state index in [-0.39, 0.29) is 17.7 Å². The minimum Gasteiger partial charge on any atom is -0.350 e. The summed E-state index contributed by atoms with van der Waals surface area (Å²) < 4.78 is 13.1. The van der Waals surface area contributed by atoms with Gasteiger partial charge in [0.1, 0.15) is 11.9 Å². The number of carbonyl (C=O) groups is 2. The average Bonchev–Trinajstić information content (AvgIpc) is 2.77. The summed E-state index contributed by atoms with van der Waals surface area (Å²) in [5.74, 6) is -1.11. The van der Waals surface area contributed by atoms with Gasteiger partial charge < -0.3 is 10.6 Å². The van der Waals surface area contributed by atoms with E-state index in [2.05, 4.69) is 21.6 Å². The number of likely N-dealkylation sites (tertiary alicyclic amines) is 1. The van der Waals surface area contributed by atoms with Crippen molar-refractivity contribution in [3.8, 4) is 0 Å². The minimum absolute atomic E-state index is 0.0898. The number of hydrogen-bond donors (Lipinski definition) is 2. The molecule has 1 heterocycles. The van der Waals surface area contributed by atoms with E-state index in [9.17, 15) is 14.0 Å². The summed E-state index contributed by atoms with van der Waals surface area (Å²) in [6, 6.07) is 12.8. The molecule has 1 saturated heterocycles. The van der Waals surface area contributed by atoms with E-state index in [1.165, 1.54) is 49.1 Å². The first-order valence-electron chi connectivity index (χ1n) is 11.1. The molecule has 1 atom stereocenters. The highest BCUT2D eigenvalue weighted by atomic mass is 19.1. The van der Waals surface area contributed by atoms with Crippen LogP contribution in [-0.2, 0) is 17.9 Å². The van der Waals surface area contributed by atoms with Crippen LogP contribution in [0.3, 0.4) is 0 Å². The van der Waals surface area contributed by atoms with Crippen molar-refractivity contribution >= 4 is 11.8 Å². The predicted molar refractivity (Wildman–Crippen MR) is 120 cm³/mol. The van der Waals surface area contributed by atoms with E-state index in [0.29, 0.717) is 12.1 Å². The molecular weight excluding hydrogens is 393 g/mol. The van der Waals surface area contributed by atoms with Crippen molar-refractivity contribution < 1.29 is 14.0 Å². The Morgan fingerprint density at radius 3 is 2.26 bits per heavy atom. The summed E-state index contributed by atoms with van der Waals surface area (Å²) in [6.45, 7) is 7.31. The first kappa shape index (κ1) is 22.9. The number of nitrogens with zero attached hydrogens (tertiary/aromatic N) is 1. The van der Waals surface area contributed by atoms with Gasteiger partial charge in [0.15, 0.2) is 0 Å². The van der Waals surface area contributed by atoms with Crippen LogP contribution in [0, 0.1) is 11.7 Å². The topological polar surface area (TPSA) is 61.4 Å². The van der Waals surface area contributed by atoms with Crippen LogP contribution >= 0.6 is 0 Å². The van der Waals surface area contributed by atoms with Crippen LogP contribution in [0.2, 0.25) is 0 Å². The van der Waals surface area contributed by atoms with Crippen LogP contribution in [0.1, 0.15) is 54.6 Å². The largest absolute Gasteiger partial charge is 0.350 e. The van der Waals surface area contributed by atoms with Crippen LogP contribution in [-0.4, -0.2) is 35.8 Å². The SMILES string of the molecule is CC(C)[C@H](NC(=O)c1ccc(F)cc1)C(=O)NCc1ccccc1CN1CCCCC1. The molecule has 1 fully saturated rings. The molecule has 5 nitrogen and oxygen atoms in total. The van der Waals surface area contributed by atoms with Gasteiger partial charge in [-0.1, -0.05) is 44.5 Å². The van der Waals surface area contributed by atoms with E-state index < -0.39 is 11.9 Å². The molecule has 2 N–H and O–H groups in total. The lowest BCUT2D eigenvalue weighted by atomic mass is 10.0. The van der Waals surface area contributed by atoms with Crippen molar-refractivity contribution in [2.45, 2.75) is 52.2 Å². The predicted octanol–water partition coefficient (Wildman–Crippen LogP) is 3.88. The first-order valence-corrected chi connectivity index (χ1v) is 11.1. The Balaban J connectivity index is 1.61. The first-order chi connectivity index (χ1) is 14.9. The van der Waals surface area contributed by atoms with Gasteiger partial charge in [-0.05, 0) is 67.2 Å². The number of benzene rings is 2. The summed E-state index contributed by atoms with van der Waals surface area (Å²) in [6.07, 6.45) is 3.78. The fourth-order valence-corrected chi connectivity index (χ4v) is 3.90. The normalized spacial score (nSPS) is 15.5. The summed E-state index contributed by atoms with van der Waals surface area (Å²) in [4.78, 5) is 27.9. The van der Waals surface area contributed by atoms with E-state index in [1.807, 2.05) is 32.0 Å². The molecule has 1 aliphatic rings. The molecule has 2 aromatic carbocycles. The molecule has 2 aromatic rings. The summed E-state index contributed by atoms with van der Waals surface area (Å²) in [7, 11) is 0. The number of nitrogens with one attached hydrogen (secondary N) is 2. The monoisotopic (exact) mass is 425 g/mol. The van der Waals surface area contributed by atoms with Crippen molar-refractivity contribution in [1.82, 2.24) is 15.5 Å². The van der Waals surface area contributed by atoms with Gasteiger partial charge in [0.05, 0.1) is 0 Å². The van der Waals surface area contributed by atoms with Crippen molar-refractivity contribution in [1.29, 1.82) is 0 Å². The molecule has 0 saturated carbocycles. The van der Waals surface area contributed by atoms with Gasteiger partial charge in [0.2, 0.25) is 5.91 Å². The van der Waals surface area contributed by atoms with Crippen LogP contribution in [0.25, 0.3) is 0 Å². The van der Waals surface area contributed by atoms with Gasteiger partial charge in [-0.15, -0.1) is 0 Å². The molecule has 2 amide bonds. The second kappa shape index (κ2) is 11.0. The summed E-state index contributed by atoms with van der Waals surface area (Å²) >= 11 is 0. The number of hydrogen-bond acceptors (Lipinski definition) is 3. The van der Waals surface area contributed by atoms with Gasteiger partial charge in [0.25, 0.3) is 5.91 Å². The highest BCUT2D eigenvalue weighted by molar-refractivity contribution is 5.97. The van der Waals surface area contributed by atoms with Gasteiger partial charge in [-0.2, -0.15) is 0 Å². The molecule has 1 aliphatic heterocycles. The average molecular weight is 426 g/mol. The number of amides is 2. The third-order valence-corrected chi connectivity index (χ3v) is 5.76. The van der Waals surface area contributed by atoms with Gasteiger partial charge in [-0.25, -0.2) is 4.39 Å². The smallest absolute Gasteiger partial charge is 0.251 e. The summed E-state index contributed by atoms with van der Waals surface area (Å²) in [5.41, 5.74) is 2.64. The van der Waals surface area contributed by atoms with Crippen LogP contribution in [0.4, 0.5) is 4.39 Å². The number of halogens is 1. The Morgan fingerprint density at radius 1 is 0.968 bits per heavy atom. The fourth-order valence-electron chi connectivity index (χ4n) is 3.90. The molecule has 31 heavy (non-hydrogen) atoms. The third kappa shape index (κ3) is 6.62. The maximum Gasteiger partial charge on any atom is 0.251 e. The Morgan fingerprint density at radius 2 is 1.61 bits per heavy atom. The number of piperidine rings is 1. The van der Waals surface area contributed by atoms with Gasteiger partial charge in [-0.3, -0.25) is 14.5 Å². The third-order valence-electron chi connectivity index (χ3n) is 5.76. The zero-order valence-electron chi connectivity index (χ0n) is 18.4. The highest BCUT2D eigenvalue weighted by Gasteiger charge is 2.25. The molecule has 0 unspecified atom stereocenters. The molecule has 0 radical (unpaired) electrons.